The quantitative estimate of drug-likeness (QED) is 0.188. The van der Waals surface area contributed by atoms with E-state index in [1.165, 1.54) is 10.5 Å². The summed E-state index contributed by atoms with van der Waals surface area (Å²) in [5, 5.41) is 15.2. The van der Waals surface area contributed by atoms with Gasteiger partial charge < -0.3 is 24.6 Å². The summed E-state index contributed by atoms with van der Waals surface area (Å²) in [6, 6.07) is 31.4. The molecule has 1 aliphatic rings. The van der Waals surface area contributed by atoms with E-state index in [2.05, 4.69) is 24.4 Å². The number of amides is 1. The lowest BCUT2D eigenvalue weighted by atomic mass is 9.84. The highest BCUT2D eigenvalue weighted by atomic mass is 35.5. The molecule has 0 aromatic heterocycles. The van der Waals surface area contributed by atoms with Crippen LogP contribution in [0.15, 0.2) is 97.1 Å². The van der Waals surface area contributed by atoms with E-state index < -0.39 is 12.2 Å². The number of halogens is 1. The monoisotopic (exact) mass is 616 g/mol. The van der Waals surface area contributed by atoms with Crippen molar-refractivity contribution in [3.63, 3.8) is 0 Å². The maximum Gasteiger partial charge on any atom is 0.414 e. The third-order valence-corrected chi connectivity index (χ3v) is 7.94. The molecule has 0 saturated carbocycles. The van der Waals surface area contributed by atoms with E-state index in [4.69, 9.17) is 14.2 Å². The predicted octanol–water partition coefficient (Wildman–Crippen LogP) is 7.04. The summed E-state index contributed by atoms with van der Waals surface area (Å²) in [6.45, 7) is 2.66. The summed E-state index contributed by atoms with van der Waals surface area (Å²) >= 11 is 0. The Hall–Kier alpha value is -4.04. The first-order valence-electron chi connectivity index (χ1n) is 14.8. The fourth-order valence-corrected chi connectivity index (χ4v) is 5.69. The number of anilines is 1. The van der Waals surface area contributed by atoms with Gasteiger partial charge in [0.1, 0.15) is 24.7 Å². The van der Waals surface area contributed by atoms with Gasteiger partial charge in [-0.25, -0.2) is 4.79 Å². The zero-order valence-electron chi connectivity index (χ0n) is 25.4. The molecule has 1 aliphatic carbocycles. The Morgan fingerprint density at radius 3 is 2.18 bits per heavy atom. The molecule has 0 radical (unpaired) electrons. The lowest BCUT2D eigenvalue weighted by Crippen LogP contribution is -2.44. The summed E-state index contributed by atoms with van der Waals surface area (Å²) in [5.74, 6) is 1.41. The fraction of sp³-hybridized carbons (Fsp3) is 0.306. The number of fused-ring (bicyclic) bond motifs is 1. The molecule has 4 aromatic carbocycles. The van der Waals surface area contributed by atoms with Gasteiger partial charge >= 0.3 is 6.09 Å². The molecule has 44 heavy (non-hydrogen) atoms. The summed E-state index contributed by atoms with van der Waals surface area (Å²) in [4.78, 5) is 14.8. The van der Waals surface area contributed by atoms with Crippen molar-refractivity contribution < 1.29 is 24.1 Å². The van der Waals surface area contributed by atoms with Crippen LogP contribution in [-0.2, 0) is 30.8 Å². The van der Waals surface area contributed by atoms with E-state index >= 15 is 0 Å². The summed E-state index contributed by atoms with van der Waals surface area (Å²) < 4.78 is 17.2. The number of rotatable bonds is 11. The molecule has 0 spiro atoms. The second-order valence-electron chi connectivity index (χ2n) is 11.1. The van der Waals surface area contributed by atoms with Crippen LogP contribution in [0, 0.1) is 0 Å². The van der Waals surface area contributed by atoms with Gasteiger partial charge in [0, 0.05) is 19.1 Å². The Morgan fingerprint density at radius 2 is 1.55 bits per heavy atom. The normalized spacial score (nSPS) is 16.2. The molecular formula is C36H41ClN2O5. The Morgan fingerprint density at radius 1 is 0.909 bits per heavy atom. The van der Waals surface area contributed by atoms with Gasteiger partial charge in [0.05, 0.1) is 18.9 Å². The van der Waals surface area contributed by atoms with Gasteiger partial charge in [0.2, 0.25) is 0 Å². The summed E-state index contributed by atoms with van der Waals surface area (Å²) in [6.07, 6.45) is 0.993. The minimum Gasteiger partial charge on any atom is -0.497 e. The molecule has 8 heteroatoms. The number of ether oxygens (including phenoxy) is 3. The van der Waals surface area contributed by atoms with Crippen molar-refractivity contribution in [2.24, 2.45) is 0 Å². The van der Waals surface area contributed by atoms with Crippen LogP contribution in [0.2, 0.25) is 0 Å². The first-order valence-corrected chi connectivity index (χ1v) is 14.8. The molecule has 0 saturated heterocycles. The number of hydrogen-bond donors (Lipinski definition) is 2. The molecule has 0 fully saturated rings. The van der Waals surface area contributed by atoms with Crippen LogP contribution >= 0.6 is 12.4 Å². The second-order valence-corrected chi connectivity index (χ2v) is 11.1. The van der Waals surface area contributed by atoms with Crippen molar-refractivity contribution >= 4 is 24.2 Å². The van der Waals surface area contributed by atoms with Gasteiger partial charge in [-0.05, 0) is 72.2 Å². The maximum absolute atomic E-state index is 13.3. The van der Waals surface area contributed by atoms with Crippen LogP contribution in [0.3, 0.4) is 0 Å². The number of nitrogens with one attached hydrogen (secondary N) is 1. The number of carbonyl (C=O) groups is 1. The Kier molecular flexibility index (Phi) is 11.7. The number of aliphatic hydroxyl groups is 1. The van der Waals surface area contributed by atoms with Crippen molar-refractivity contribution in [2.75, 3.05) is 19.1 Å². The molecule has 2 N–H and O–H groups in total. The molecule has 1 unspecified atom stereocenters. The van der Waals surface area contributed by atoms with E-state index in [9.17, 15) is 9.90 Å². The predicted molar refractivity (Wildman–Crippen MR) is 176 cm³/mol. The molecule has 0 heterocycles. The van der Waals surface area contributed by atoms with Crippen molar-refractivity contribution in [3.8, 4) is 11.5 Å². The van der Waals surface area contributed by atoms with Gasteiger partial charge in [-0.1, -0.05) is 78.9 Å². The summed E-state index contributed by atoms with van der Waals surface area (Å²) in [5.41, 5.74) is 5.46. The third kappa shape index (κ3) is 8.11. The molecule has 0 aliphatic heterocycles. The molecule has 5 rings (SSSR count). The van der Waals surface area contributed by atoms with Crippen molar-refractivity contribution in [1.82, 2.24) is 5.32 Å². The smallest absolute Gasteiger partial charge is 0.414 e. The second kappa shape index (κ2) is 15.6. The third-order valence-electron chi connectivity index (χ3n) is 7.94. The average molecular weight is 617 g/mol. The number of methoxy groups -OCH3 is 1. The molecule has 1 amide bonds. The zero-order valence-corrected chi connectivity index (χ0v) is 26.3. The number of hydrogen-bond acceptors (Lipinski definition) is 6. The average Bonchev–Trinajstić information content (AvgIpc) is 3.04. The lowest BCUT2D eigenvalue weighted by molar-refractivity contribution is 0.109. The SMILES string of the molecule is COc1ccc(CC(C)N[C@H]2CCc3c(ccc(OCc4ccccc4)c3N(C)C(=O)OCc3ccccc3)[C@@H]2O)cc1.Cl. The summed E-state index contributed by atoms with van der Waals surface area (Å²) in [7, 11) is 3.36. The van der Waals surface area contributed by atoms with E-state index in [0.717, 1.165) is 34.4 Å². The van der Waals surface area contributed by atoms with Gasteiger partial charge in [-0.3, -0.25) is 4.90 Å². The molecule has 232 valence electrons. The Labute approximate surface area is 266 Å². The van der Waals surface area contributed by atoms with Gasteiger partial charge in [-0.15, -0.1) is 12.4 Å². The highest BCUT2D eigenvalue weighted by molar-refractivity contribution is 5.91. The maximum atomic E-state index is 13.3. The molecule has 4 aromatic rings. The topological polar surface area (TPSA) is 80.3 Å². The van der Waals surface area contributed by atoms with E-state index in [1.807, 2.05) is 84.9 Å². The minimum atomic E-state index is -0.738. The van der Waals surface area contributed by atoms with Gasteiger partial charge in [0.25, 0.3) is 0 Å². The molecular weight excluding hydrogens is 576 g/mol. The standard InChI is InChI=1S/C36H40N2O5.ClH/c1-25(22-26-14-16-29(41-3)17-15-26)37-32-20-18-30-31(35(32)39)19-21-33(42-23-27-10-6-4-7-11-27)34(30)38(2)36(40)43-24-28-12-8-5-9-13-28;/h4-17,19,21,25,32,35,37,39H,18,20,22-24H2,1-3H3;1H/t25?,32-,35-;/m0./s1. The zero-order chi connectivity index (χ0) is 30.2. The first kappa shape index (κ1) is 32.9. The van der Waals surface area contributed by atoms with Gasteiger partial charge in [0.15, 0.2) is 0 Å². The molecule has 7 nitrogen and oxygen atoms in total. The number of aliphatic hydroxyl groups excluding tert-OH is 1. The lowest BCUT2D eigenvalue weighted by Gasteiger charge is -2.35. The highest BCUT2D eigenvalue weighted by Crippen LogP contribution is 2.42. The Balaban J connectivity index is 0.00000442. The van der Waals surface area contributed by atoms with Crippen molar-refractivity contribution in [2.45, 2.75) is 57.6 Å². The largest absolute Gasteiger partial charge is 0.497 e. The highest BCUT2D eigenvalue weighted by Gasteiger charge is 2.33. The van der Waals surface area contributed by atoms with E-state index in [-0.39, 0.29) is 31.1 Å². The van der Waals surface area contributed by atoms with E-state index in [1.54, 1.807) is 14.2 Å². The minimum absolute atomic E-state index is 0. The fourth-order valence-electron chi connectivity index (χ4n) is 5.69. The van der Waals surface area contributed by atoms with Crippen LogP contribution in [0.25, 0.3) is 0 Å². The van der Waals surface area contributed by atoms with Crippen LogP contribution < -0.4 is 19.7 Å². The van der Waals surface area contributed by atoms with E-state index in [0.29, 0.717) is 30.9 Å². The number of nitrogens with zero attached hydrogens (tertiary/aromatic N) is 1. The van der Waals surface area contributed by atoms with Crippen LogP contribution in [-0.4, -0.2) is 37.4 Å². The Bertz CT molecular complexity index is 1480. The number of benzene rings is 4. The first-order chi connectivity index (χ1) is 20.9. The molecule has 3 atom stereocenters. The van der Waals surface area contributed by atoms with Crippen LogP contribution in [0.5, 0.6) is 11.5 Å². The molecule has 0 bridgehead atoms. The van der Waals surface area contributed by atoms with Crippen molar-refractivity contribution in [3.05, 3.63) is 125 Å². The van der Waals surface area contributed by atoms with Crippen molar-refractivity contribution in [1.29, 1.82) is 0 Å². The van der Waals surface area contributed by atoms with Gasteiger partial charge in [-0.2, -0.15) is 0 Å². The number of carbonyl (C=O) groups excluding carboxylic acids is 1. The van der Waals surface area contributed by atoms with Crippen LogP contribution in [0.4, 0.5) is 10.5 Å². The van der Waals surface area contributed by atoms with Crippen LogP contribution in [0.1, 0.15) is 47.3 Å².